The first-order valence-electron chi connectivity index (χ1n) is 7.14. The molecule has 0 radical (unpaired) electrons. The van der Waals surface area contributed by atoms with Gasteiger partial charge in [0.1, 0.15) is 0 Å². The summed E-state index contributed by atoms with van der Waals surface area (Å²) in [5, 5.41) is 20.3. The van der Waals surface area contributed by atoms with Crippen LogP contribution in [0.25, 0.3) is 0 Å². The fraction of sp³-hybridized carbons (Fsp3) is 0.857. The quantitative estimate of drug-likeness (QED) is 0.713. The van der Waals surface area contributed by atoms with Crippen molar-refractivity contribution in [2.45, 2.75) is 58.1 Å². The first-order valence-corrected chi connectivity index (χ1v) is 7.14. The number of aliphatic hydroxyl groups excluding tert-OH is 1. The lowest BCUT2D eigenvalue weighted by Crippen LogP contribution is -2.46. The molecule has 3 N–H and O–H groups in total. The van der Waals surface area contributed by atoms with Gasteiger partial charge in [-0.25, -0.2) is 9.59 Å². The molecule has 1 fully saturated rings. The summed E-state index contributed by atoms with van der Waals surface area (Å²) >= 11 is 0. The maximum Gasteiger partial charge on any atom is 0.332 e. The van der Waals surface area contributed by atoms with Gasteiger partial charge in [0.15, 0.2) is 6.10 Å². The lowest BCUT2D eigenvalue weighted by Gasteiger charge is -2.38. The summed E-state index contributed by atoms with van der Waals surface area (Å²) in [5.41, 5.74) is 0.361. The van der Waals surface area contributed by atoms with Gasteiger partial charge < -0.3 is 20.4 Å². The highest BCUT2D eigenvalue weighted by Crippen LogP contribution is 2.36. The van der Waals surface area contributed by atoms with E-state index in [0.29, 0.717) is 5.41 Å². The van der Waals surface area contributed by atoms with E-state index in [9.17, 15) is 9.59 Å². The monoisotopic (exact) mass is 286 g/mol. The third-order valence-corrected chi connectivity index (χ3v) is 4.16. The zero-order chi connectivity index (χ0) is 15.3. The van der Waals surface area contributed by atoms with E-state index in [1.165, 1.54) is 0 Å². The van der Waals surface area contributed by atoms with Gasteiger partial charge in [-0.05, 0) is 31.1 Å². The van der Waals surface area contributed by atoms with E-state index in [4.69, 9.17) is 10.2 Å². The Hall–Kier alpha value is -1.30. The number of hydrogen-bond donors (Lipinski definition) is 3. The molecule has 0 spiro atoms. The number of aliphatic hydroxyl groups is 1. The van der Waals surface area contributed by atoms with Crippen molar-refractivity contribution in [3.63, 3.8) is 0 Å². The van der Waals surface area contributed by atoms with Crippen molar-refractivity contribution in [2.75, 3.05) is 13.6 Å². The Morgan fingerprint density at radius 1 is 1.35 bits per heavy atom. The summed E-state index contributed by atoms with van der Waals surface area (Å²) < 4.78 is 0. The molecule has 1 rings (SSSR count). The molecule has 0 aliphatic heterocycles. The van der Waals surface area contributed by atoms with Crippen LogP contribution in [0.15, 0.2) is 0 Å². The molecule has 1 saturated carbocycles. The normalized spacial score (nSPS) is 20.2. The molecule has 2 amide bonds. The Morgan fingerprint density at radius 2 is 1.90 bits per heavy atom. The minimum atomic E-state index is -1.42. The van der Waals surface area contributed by atoms with E-state index < -0.39 is 12.1 Å². The molecular weight excluding hydrogens is 260 g/mol. The minimum absolute atomic E-state index is 0.0204. The Bertz CT molecular complexity index is 347. The smallest absolute Gasteiger partial charge is 0.332 e. The second-order valence-electron chi connectivity index (χ2n) is 6.38. The zero-order valence-electron chi connectivity index (χ0n) is 12.6. The van der Waals surface area contributed by atoms with Crippen molar-refractivity contribution in [1.82, 2.24) is 10.2 Å². The maximum atomic E-state index is 11.9. The van der Waals surface area contributed by atoms with Crippen LogP contribution in [0.5, 0.6) is 0 Å². The summed E-state index contributed by atoms with van der Waals surface area (Å²) in [7, 11) is 1.77. The molecule has 1 aliphatic carbocycles. The van der Waals surface area contributed by atoms with E-state index in [-0.39, 0.29) is 25.0 Å². The number of rotatable bonds is 5. The van der Waals surface area contributed by atoms with Crippen LogP contribution in [0.3, 0.4) is 0 Å². The first kappa shape index (κ1) is 16.8. The first-order chi connectivity index (χ1) is 9.23. The van der Waals surface area contributed by atoms with Crippen LogP contribution in [0.1, 0.15) is 46.0 Å². The van der Waals surface area contributed by atoms with Gasteiger partial charge in [0.05, 0.1) is 0 Å². The van der Waals surface area contributed by atoms with E-state index in [1.807, 2.05) is 0 Å². The summed E-state index contributed by atoms with van der Waals surface area (Å²) in [4.78, 5) is 24.1. The number of nitrogens with zero attached hydrogens (tertiary/aromatic N) is 1. The summed E-state index contributed by atoms with van der Waals surface area (Å²) in [5.74, 6) is -1.26. The molecule has 6 heteroatoms. The van der Waals surface area contributed by atoms with Gasteiger partial charge in [-0.2, -0.15) is 0 Å². The molecular formula is C14H26N2O4. The van der Waals surface area contributed by atoms with Crippen LogP contribution >= 0.6 is 0 Å². The molecule has 0 aromatic carbocycles. The molecule has 1 aliphatic rings. The SMILES string of the molecule is CN(C(=O)NCC[C@H](O)C(=O)O)C1CCC(C)(C)CC1. The van der Waals surface area contributed by atoms with Crippen LogP contribution in [0.2, 0.25) is 0 Å². The lowest BCUT2D eigenvalue weighted by atomic mass is 9.75. The third kappa shape index (κ3) is 5.00. The molecule has 0 aromatic rings. The zero-order valence-corrected chi connectivity index (χ0v) is 12.6. The molecule has 1 atom stereocenters. The molecule has 0 saturated heterocycles. The van der Waals surface area contributed by atoms with Gasteiger partial charge in [-0.15, -0.1) is 0 Å². The van der Waals surface area contributed by atoms with E-state index in [1.54, 1.807) is 11.9 Å². The predicted molar refractivity (Wildman–Crippen MR) is 75.5 cm³/mol. The number of nitrogens with one attached hydrogen (secondary N) is 1. The summed E-state index contributed by atoms with van der Waals surface area (Å²) in [6.07, 6.45) is 2.80. The van der Waals surface area contributed by atoms with Crippen LogP contribution in [0, 0.1) is 5.41 Å². The number of carbonyl (C=O) groups excluding carboxylic acids is 1. The van der Waals surface area contributed by atoms with Crippen LogP contribution < -0.4 is 5.32 Å². The summed E-state index contributed by atoms with van der Waals surface area (Å²) in [6, 6.07) is 0.0414. The van der Waals surface area contributed by atoms with Crippen molar-refractivity contribution in [3.05, 3.63) is 0 Å². The highest BCUT2D eigenvalue weighted by Gasteiger charge is 2.30. The van der Waals surface area contributed by atoms with Crippen LogP contribution in [-0.2, 0) is 4.79 Å². The number of carboxylic acids is 1. The van der Waals surface area contributed by atoms with Gasteiger partial charge in [0.2, 0.25) is 0 Å². The lowest BCUT2D eigenvalue weighted by molar-refractivity contribution is -0.146. The molecule has 6 nitrogen and oxygen atoms in total. The Morgan fingerprint density at radius 3 is 2.40 bits per heavy atom. The fourth-order valence-electron chi connectivity index (χ4n) is 2.50. The van der Waals surface area contributed by atoms with Crippen molar-refractivity contribution in [2.24, 2.45) is 5.41 Å². The Labute approximate surface area is 120 Å². The Kier molecular flexibility index (Phi) is 5.80. The number of carbonyl (C=O) groups is 2. The molecule has 0 bridgehead atoms. The maximum absolute atomic E-state index is 11.9. The molecule has 116 valence electrons. The third-order valence-electron chi connectivity index (χ3n) is 4.16. The number of amides is 2. The molecule has 0 heterocycles. The minimum Gasteiger partial charge on any atom is -0.479 e. The molecule has 0 unspecified atom stereocenters. The van der Waals surface area contributed by atoms with Crippen molar-refractivity contribution < 1.29 is 19.8 Å². The largest absolute Gasteiger partial charge is 0.479 e. The number of carboxylic acid groups (broad SMARTS) is 1. The predicted octanol–water partition coefficient (Wildman–Crippen LogP) is 1.43. The van der Waals surface area contributed by atoms with E-state index >= 15 is 0 Å². The van der Waals surface area contributed by atoms with Gasteiger partial charge in [0, 0.05) is 26.1 Å². The van der Waals surface area contributed by atoms with E-state index in [0.717, 1.165) is 25.7 Å². The van der Waals surface area contributed by atoms with E-state index in [2.05, 4.69) is 19.2 Å². The standard InChI is InChI=1S/C14H26N2O4/c1-14(2)7-4-10(5-8-14)16(3)13(20)15-9-6-11(17)12(18)19/h10-11,17H,4-9H2,1-3H3,(H,15,20)(H,18,19)/t11-/m0/s1. The van der Waals surface area contributed by atoms with Crippen molar-refractivity contribution >= 4 is 12.0 Å². The Balaban J connectivity index is 2.31. The average Bonchev–Trinajstić information content (AvgIpc) is 2.37. The second-order valence-corrected chi connectivity index (χ2v) is 6.38. The van der Waals surface area contributed by atoms with Gasteiger partial charge in [-0.3, -0.25) is 0 Å². The number of urea groups is 1. The van der Waals surface area contributed by atoms with Crippen LogP contribution in [0.4, 0.5) is 4.79 Å². The summed E-state index contributed by atoms with van der Waals surface area (Å²) in [6.45, 7) is 4.65. The topological polar surface area (TPSA) is 89.9 Å². The van der Waals surface area contributed by atoms with Gasteiger partial charge in [0.25, 0.3) is 0 Å². The van der Waals surface area contributed by atoms with Gasteiger partial charge in [-0.1, -0.05) is 13.8 Å². The van der Waals surface area contributed by atoms with Crippen LogP contribution in [-0.4, -0.2) is 52.9 Å². The van der Waals surface area contributed by atoms with Crippen molar-refractivity contribution in [1.29, 1.82) is 0 Å². The van der Waals surface area contributed by atoms with Crippen molar-refractivity contribution in [3.8, 4) is 0 Å². The molecule has 20 heavy (non-hydrogen) atoms. The highest BCUT2D eigenvalue weighted by molar-refractivity contribution is 5.74. The number of hydrogen-bond acceptors (Lipinski definition) is 3. The van der Waals surface area contributed by atoms with Gasteiger partial charge >= 0.3 is 12.0 Å². The average molecular weight is 286 g/mol. The second kappa shape index (κ2) is 6.92. The number of aliphatic carboxylic acids is 1. The highest BCUT2D eigenvalue weighted by atomic mass is 16.4. The fourth-order valence-corrected chi connectivity index (χ4v) is 2.50. The molecule has 0 aromatic heterocycles.